The summed E-state index contributed by atoms with van der Waals surface area (Å²) >= 11 is 0. The molecule has 0 aliphatic carbocycles. The summed E-state index contributed by atoms with van der Waals surface area (Å²) in [4.78, 5) is 18.2. The molecule has 2 aliphatic rings. The van der Waals surface area contributed by atoms with E-state index in [0.717, 1.165) is 18.6 Å². The van der Waals surface area contributed by atoms with Crippen molar-refractivity contribution in [1.29, 1.82) is 0 Å². The van der Waals surface area contributed by atoms with Crippen LogP contribution in [-0.4, -0.2) is 44.8 Å². The quantitative estimate of drug-likeness (QED) is 0.232. The summed E-state index contributed by atoms with van der Waals surface area (Å²) in [6.45, 7) is 3.34. The molecule has 2 aliphatic heterocycles. The van der Waals surface area contributed by atoms with Crippen LogP contribution in [0.25, 0.3) is 11.0 Å². The van der Waals surface area contributed by atoms with Gasteiger partial charge in [0.15, 0.2) is 5.82 Å². The minimum Gasteiger partial charge on any atom is -0.488 e. The molecular weight excluding hydrogens is 573 g/mol. The van der Waals surface area contributed by atoms with Crippen LogP contribution in [0, 0.1) is 11.6 Å². The molecule has 0 radical (unpaired) electrons. The molecular formula is C31H28F5N3O4. The van der Waals surface area contributed by atoms with Crippen molar-refractivity contribution in [2.75, 3.05) is 13.2 Å². The Morgan fingerprint density at radius 1 is 1.14 bits per heavy atom. The van der Waals surface area contributed by atoms with Crippen molar-refractivity contribution < 1.29 is 41.3 Å². The third-order valence-corrected chi connectivity index (χ3v) is 8.18. The summed E-state index contributed by atoms with van der Waals surface area (Å²) in [6.07, 6.45) is -3.62. The largest absolute Gasteiger partial charge is 0.488 e. The average Bonchev–Trinajstić information content (AvgIpc) is 3.28. The molecule has 1 N–H and O–H groups in total. The van der Waals surface area contributed by atoms with E-state index in [1.54, 1.807) is 4.57 Å². The van der Waals surface area contributed by atoms with E-state index in [0.29, 0.717) is 54.1 Å². The number of aromatic carboxylic acids is 1. The van der Waals surface area contributed by atoms with Crippen molar-refractivity contribution in [2.45, 2.75) is 57.8 Å². The van der Waals surface area contributed by atoms with Crippen molar-refractivity contribution in [2.24, 2.45) is 0 Å². The Labute approximate surface area is 243 Å². The standard InChI is InChI=1S/C31H28F5N3O4/c1-17-23-13-27(43-16-18-2-4-21(32)5-3-18)24(31(34,35)36)10-19(23)6-8-38(17)15-28-37-29-25(33)11-20(30(40)41)12-26(29)39(28)14-22-7-9-42-22/h2-5,10-13,17,22H,6-9,14-16H2,1H3,(H,40,41)/t17-,22-/m0/s1. The van der Waals surface area contributed by atoms with Gasteiger partial charge in [0.2, 0.25) is 0 Å². The van der Waals surface area contributed by atoms with Gasteiger partial charge in [0.05, 0.1) is 35.8 Å². The van der Waals surface area contributed by atoms with Crippen LogP contribution >= 0.6 is 0 Å². The Kier molecular flexibility index (Phi) is 7.59. The van der Waals surface area contributed by atoms with Gasteiger partial charge in [-0.2, -0.15) is 13.2 Å². The highest BCUT2D eigenvalue weighted by molar-refractivity contribution is 5.92. The van der Waals surface area contributed by atoms with Gasteiger partial charge in [0, 0.05) is 19.2 Å². The van der Waals surface area contributed by atoms with Gasteiger partial charge in [0.1, 0.15) is 29.5 Å². The molecule has 1 fully saturated rings. The zero-order valence-electron chi connectivity index (χ0n) is 23.1. The van der Waals surface area contributed by atoms with Crippen LogP contribution < -0.4 is 4.74 Å². The normalized spacial score (nSPS) is 18.8. The van der Waals surface area contributed by atoms with Gasteiger partial charge in [-0.05, 0) is 72.9 Å². The van der Waals surface area contributed by atoms with Gasteiger partial charge in [0.25, 0.3) is 0 Å². The third-order valence-electron chi connectivity index (χ3n) is 8.18. The Morgan fingerprint density at radius 3 is 2.53 bits per heavy atom. The number of hydrogen-bond acceptors (Lipinski definition) is 5. The highest BCUT2D eigenvalue weighted by Crippen LogP contribution is 2.42. The summed E-state index contributed by atoms with van der Waals surface area (Å²) in [7, 11) is 0. The number of alkyl halides is 3. The van der Waals surface area contributed by atoms with E-state index < -0.39 is 29.3 Å². The molecule has 12 heteroatoms. The van der Waals surface area contributed by atoms with Crippen LogP contribution in [-0.2, 0) is 37.0 Å². The van der Waals surface area contributed by atoms with E-state index in [1.807, 2.05) is 11.8 Å². The molecule has 0 bridgehead atoms. The lowest BCUT2D eigenvalue weighted by Crippen LogP contribution is -2.36. The number of benzene rings is 3. The summed E-state index contributed by atoms with van der Waals surface area (Å²) in [5, 5.41) is 9.48. The maximum absolute atomic E-state index is 15.0. The number of imidazole rings is 1. The molecule has 3 heterocycles. The molecule has 0 amide bonds. The Balaban J connectivity index is 1.32. The molecule has 2 atom stereocenters. The van der Waals surface area contributed by atoms with Crippen LogP contribution in [0.2, 0.25) is 0 Å². The number of ether oxygens (including phenoxy) is 2. The molecule has 43 heavy (non-hydrogen) atoms. The highest BCUT2D eigenvalue weighted by Gasteiger charge is 2.37. The number of hydrogen-bond donors (Lipinski definition) is 1. The van der Waals surface area contributed by atoms with E-state index in [9.17, 15) is 31.9 Å². The summed E-state index contributed by atoms with van der Waals surface area (Å²) in [6, 6.07) is 9.89. The summed E-state index contributed by atoms with van der Waals surface area (Å²) < 4.78 is 83.3. The fraction of sp³-hybridized carbons (Fsp3) is 0.355. The molecule has 0 unspecified atom stereocenters. The van der Waals surface area contributed by atoms with E-state index in [4.69, 9.17) is 9.47 Å². The second kappa shape index (κ2) is 11.2. The number of aromatic nitrogens is 2. The van der Waals surface area contributed by atoms with Crippen molar-refractivity contribution in [1.82, 2.24) is 14.5 Å². The fourth-order valence-electron chi connectivity index (χ4n) is 5.69. The average molecular weight is 602 g/mol. The van der Waals surface area contributed by atoms with E-state index >= 15 is 0 Å². The van der Waals surface area contributed by atoms with Gasteiger partial charge in [-0.25, -0.2) is 18.6 Å². The second-order valence-corrected chi connectivity index (χ2v) is 10.9. The zero-order valence-corrected chi connectivity index (χ0v) is 23.1. The topological polar surface area (TPSA) is 76.8 Å². The third kappa shape index (κ3) is 5.81. The maximum Gasteiger partial charge on any atom is 0.419 e. The SMILES string of the molecule is C[C@H]1c2cc(OCc3ccc(F)cc3)c(C(F)(F)F)cc2CCN1Cc1nc2c(F)cc(C(=O)O)cc2n1C[C@@H]1CCO1. The van der Waals surface area contributed by atoms with Gasteiger partial charge in [-0.3, -0.25) is 4.90 Å². The summed E-state index contributed by atoms with van der Waals surface area (Å²) in [5.41, 5.74) is 1.07. The molecule has 0 saturated carbocycles. The predicted octanol–water partition coefficient (Wildman–Crippen LogP) is 6.52. The first-order valence-electron chi connectivity index (χ1n) is 13.9. The number of carboxylic acids is 1. The van der Waals surface area contributed by atoms with Crippen LogP contribution in [0.3, 0.4) is 0 Å². The lowest BCUT2D eigenvalue weighted by atomic mass is 9.91. The highest BCUT2D eigenvalue weighted by atomic mass is 19.4. The van der Waals surface area contributed by atoms with E-state index in [2.05, 4.69) is 4.98 Å². The zero-order chi connectivity index (χ0) is 30.5. The second-order valence-electron chi connectivity index (χ2n) is 10.9. The van der Waals surface area contributed by atoms with E-state index in [1.165, 1.54) is 36.4 Å². The van der Waals surface area contributed by atoms with E-state index in [-0.39, 0.29) is 42.1 Å². The first-order valence-corrected chi connectivity index (χ1v) is 13.9. The molecule has 4 aromatic rings. The minimum absolute atomic E-state index is 0.0516. The molecule has 1 aromatic heterocycles. The van der Waals surface area contributed by atoms with Crippen LogP contribution in [0.5, 0.6) is 5.75 Å². The lowest BCUT2D eigenvalue weighted by molar-refractivity contribution is -0.139. The molecule has 3 aromatic carbocycles. The maximum atomic E-state index is 15.0. The number of halogens is 5. The smallest absolute Gasteiger partial charge is 0.419 e. The molecule has 6 rings (SSSR count). The first kappa shape index (κ1) is 29.1. The first-order chi connectivity index (χ1) is 20.5. The van der Waals surface area contributed by atoms with Gasteiger partial charge in [-0.1, -0.05) is 12.1 Å². The van der Waals surface area contributed by atoms with Crippen molar-refractivity contribution in [3.05, 3.63) is 93.8 Å². The molecule has 7 nitrogen and oxygen atoms in total. The van der Waals surface area contributed by atoms with Gasteiger partial charge < -0.3 is 19.1 Å². The number of carbonyl (C=O) groups is 1. The molecule has 226 valence electrons. The number of nitrogens with zero attached hydrogens (tertiary/aromatic N) is 3. The monoisotopic (exact) mass is 601 g/mol. The van der Waals surface area contributed by atoms with Crippen LogP contribution in [0.1, 0.15) is 57.8 Å². The number of carboxylic acid groups (broad SMARTS) is 1. The number of fused-ring (bicyclic) bond motifs is 2. The predicted molar refractivity (Wildman–Crippen MR) is 146 cm³/mol. The van der Waals surface area contributed by atoms with Crippen molar-refractivity contribution in [3.8, 4) is 5.75 Å². The fourth-order valence-corrected chi connectivity index (χ4v) is 5.69. The van der Waals surface area contributed by atoms with Crippen LogP contribution in [0.15, 0.2) is 48.5 Å². The number of rotatable bonds is 8. The summed E-state index contributed by atoms with van der Waals surface area (Å²) in [5.74, 6) is -2.28. The van der Waals surface area contributed by atoms with Crippen molar-refractivity contribution in [3.63, 3.8) is 0 Å². The minimum atomic E-state index is -4.64. The van der Waals surface area contributed by atoms with Gasteiger partial charge in [-0.15, -0.1) is 0 Å². The Bertz CT molecular complexity index is 1680. The van der Waals surface area contributed by atoms with Crippen LogP contribution in [0.4, 0.5) is 22.0 Å². The van der Waals surface area contributed by atoms with Crippen molar-refractivity contribution >= 4 is 17.0 Å². The lowest BCUT2D eigenvalue weighted by Gasteiger charge is -2.36. The van der Waals surface area contributed by atoms with Gasteiger partial charge >= 0.3 is 12.1 Å². The molecule has 0 spiro atoms. The Morgan fingerprint density at radius 2 is 1.88 bits per heavy atom. The Hall–Kier alpha value is -4.03. The molecule has 1 saturated heterocycles.